The first kappa shape index (κ1) is 15.8. The molecule has 0 aliphatic heterocycles. The van der Waals surface area contributed by atoms with Gasteiger partial charge in [-0.1, -0.05) is 13.3 Å². The van der Waals surface area contributed by atoms with Crippen molar-refractivity contribution in [2.24, 2.45) is 0 Å². The Morgan fingerprint density at radius 2 is 2.05 bits per heavy atom. The summed E-state index contributed by atoms with van der Waals surface area (Å²) in [4.78, 5) is 11.8. The Morgan fingerprint density at radius 3 is 2.58 bits per heavy atom. The van der Waals surface area contributed by atoms with Gasteiger partial charge in [0.1, 0.15) is 11.5 Å². The molecule has 1 amide bonds. The van der Waals surface area contributed by atoms with E-state index in [0.29, 0.717) is 6.54 Å². The first-order chi connectivity index (χ1) is 8.93. The number of hydrogen-bond acceptors (Lipinski definition) is 3. The summed E-state index contributed by atoms with van der Waals surface area (Å²) in [6, 6.07) is 2.38. The molecular formula is C15H26N2O2. The fraction of sp³-hybridized carbons (Fsp3) is 0.667. The molecule has 1 aromatic rings. The Balaban J connectivity index is 2.40. The standard InChI is InChI=1S/C15H26N2O2/c1-6-7-10(2)17-15(18)9-16-12(4)14-8-11(3)19-13(14)5/h8,10,12,16H,6-7,9H2,1-5H3,(H,17,18). The largest absolute Gasteiger partial charge is 0.466 e. The highest BCUT2D eigenvalue weighted by atomic mass is 16.3. The highest BCUT2D eigenvalue weighted by Crippen LogP contribution is 2.20. The summed E-state index contributed by atoms with van der Waals surface area (Å²) in [5, 5.41) is 6.21. The Labute approximate surface area is 116 Å². The number of carbonyl (C=O) groups is 1. The van der Waals surface area contributed by atoms with E-state index in [1.165, 1.54) is 0 Å². The van der Waals surface area contributed by atoms with E-state index in [1.54, 1.807) is 0 Å². The molecule has 0 aromatic carbocycles. The number of carbonyl (C=O) groups excluding carboxylic acids is 1. The zero-order valence-corrected chi connectivity index (χ0v) is 12.7. The number of furan rings is 1. The van der Waals surface area contributed by atoms with Gasteiger partial charge in [0.15, 0.2) is 0 Å². The Hall–Kier alpha value is -1.29. The van der Waals surface area contributed by atoms with Crippen LogP contribution >= 0.6 is 0 Å². The Kier molecular flexibility index (Phi) is 6.09. The number of amides is 1. The van der Waals surface area contributed by atoms with Crippen molar-refractivity contribution in [1.82, 2.24) is 10.6 Å². The van der Waals surface area contributed by atoms with E-state index < -0.39 is 0 Å². The maximum absolute atomic E-state index is 11.8. The molecule has 2 N–H and O–H groups in total. The van der Waals surface area contributed by atoms with Crippen LogP contribution in [-0.2, 0) is 4.79 Å². The highest BCUT2D eigenvalue weighted by molar-refractivity contribution is 5.78. The molecule has 0 radical (unpaired) electrons. The summed E-state index contributed by atoms with van der Waals surface area (Å²) in [5.74, 6) is 1.87. The molecular weight excluding hydrogens is 240 g/mol. The van der Waals surface area contributed by atoms with Crippen LogP contribution in [0.4, 0.5) is 0 Å². The van der Waals surface area contributed by atoms with Crippen molar-refractivity contribution in [2.45, 2.75) is 59.5 Å². The highest BCUT2D eigenvalue weighted by Gasteiger charge is 2.14. The Morgan fingerprint density at radius 1 is 1.37 bits per heavy atom. The summed E-state index contributed by atoms with van der Waals surface area (Å²) in [6.45, 7) is 10.4. The third-order valence-corrected chi connectivity index (χ3v) is 3.24. The van der Waals surface area contributed by atoms with Crippen LogP contribution in [0, 0.1) is 13.8 Å². The minimum absolute atomic E-state index is 0.0469. The topological polar surface area (TPSA) is 54.3 Å². The second-order valence-corrected chi connectivity index (χ2v) is 5.23. The van der Waals surface area contributed by atoms with Crippen molar-refractivity contribution in [3.05, 3.63) is 23.2 Å². The summed E-state index contributed by atoms with van der Waals surface area (Å²) in [7, 11) is 0. The van der Waals surface area contributed by atoms with Crippen LogP contribution < -0.4 is 10.6 Å². The first-order valence-electron chi connectivity index (χ1n) is 7.03. The molecule has 0 saturated heterocycles. The molecule has 0 spiro atoms. The van der Waals surface area contributed by atoms with Crippen molar-refractivity contribution in [2.75, 3.05) is 6.54 Å². The lowest BCUT2D eigenvalue weighted by Gasteiger charge is -2.16. The van der Waals surface area contributed by atoms with Gasteiger partial charge < -0.3 is 15.1 Å². The van der Waals surface area contributed by atoms with E-state index in [1.807, 2.05) is 33.8 Å². The fourth-order valence-corrected chi connectivity index (χ4v) is 2.27. The maximum atomic E-state index is 11.8. The molecule has 4 nitrogen and oxygen atoms in total. The van der Waals surface area contributed by atoms with Crippen molar-refractivity contribution in [3.8, 4) is 0 Å². The molecule has 108 valence electrons. The van der Waals surface area contributed by atoms with Gasteiger partial charge in [0.25, 0.3) is 0 Å². The molecule has 0 aliphatic carbocycles. The number of nitrogens with one attached hydrogen (secondary N) is 2. The van der Waals surface area contributed by atoms with Gasteiger partial charge in [0.05, 0.1) is 6.54 Å². The van der Waals surface area contributed by atoms with Crippen LogP contribution in [0.5, 0.6) is 0 Å². The van der Waals surface area contributed by atoms with E-state index in [4.69, 9.17) is 4.42 Å². The molecule has 19 heavy (non-hydrogen) atoms. The van der Waals surface area contributed by atoms with Gasteiger partial charge in [-0.25, -0.2) is 0 Å². The SMILES string of the molecule is CCCC(C)NC(=O)CNC(C)c1cc(C)oc1C. The molecule has 1 rings (SSSR count). The lowest BCUT2D eigenvalue weighted by Crippen LogP contribution is -2.39. The number of hydrogen-bond donors (Lipinski definition) is 2. The molecule has 1 heterocycles. The van der Waals surface area contributed by atoms with Gasteiger partial charge in [0, 0.05) is 17.6 Å². The van der Waals surface area contributed by atoms with Crippen molar-refractivity contribution >= 4 is 5.91 Å². The normalized spacial score (nSPS) is 14.2. The molecule has 2 unspecified atom stereocenters. The van der Waals surface area contributed by atoms with E-state index in [-0.39, 0.29) is 18.0 Å². The van der Waals surface area contributed by atoms with Crippen molar-refractivity contribution < 1.29 is 9.21 Å². The van der Waals surface area contributed by atoms with Gasteiger partial charge in [0.2, 0.25) is 5.91 Å². The Bertz CT molecular complexity index is 412. The third-order valence-electron chi connectivity index (χ3n) is 3.24. The quantitative estimate of drug-likeness (QED) is 0.798. The summed E-state index contributed by atoms with van der Waals surface area (Å²) < 4.78 is 5.50. The summed E-state index contributed by atoms with van der Waals surface area (Å²) >= 11 is 0. The van der Waals surface area contributed by atoms with Gasteiger partial charge in [-0.2, -0.15) is 0 Å². The van der Waals surface area contributed by atoms with Crippen LogP contribution in [0.1, 0.15) is 56.7 Å². The van der Waals surface area contributed by atoms with Gasteiger partial charge in [-0.15, -0.1) is 0 Å². The van der Waals surface area contributed by atoms with Gasteiger partial charge in [-0.05, 0) is 40.2 Å². The monoisotopic (exact) mass is 266 g/mol. The van der Waals surface area contributed by atoms with Crippen molar-refractivity contribution in [1.29, 1.82) is 0 Å². The molecule has 1 aromatic heterocycles. The van der Waals surface area contributed by atoms with Crippen LogP contribution in [0.25, 0.3) is 0 Å². The molecule has 0 bridgehead atoms. The lowest BCUT2D eigenvalue weighted by molar-refractivity contribution is -0.121. The third kappa shape index (κ3) is 5.07. The zero-order chi connectivity index (χ0) is 14.4. The molecule has 0 fully saturated rings. The minimum Gasteiger partial charge on any atom is -0.466 e. The molecule has 0 aliphatic rings. The molecule has 2 atom stereocenters. The van der Waals surface area contributed by atoms with Crippen LogP contribution in [0.15, 0.2) is 10.5 Å². The van der Waals surface area contributed by atoms with Crippen LogP contribution in [0.3, 0.4) is 0 Å². The van der Waals surface area contributed by atoms with E-state index in [2.05, 4.69) is 17.6 Å². The van der Waals surface area contributed by atoms with E-state index >= 15 is 0 Å². The predicted molar refractivity (Wildman–Crippen MR) is 77.1 cm³/mol. The predicted octanol–water partition coefficient (Wildman–Crippen LogP) is 2.85. The number of aryl methyl sites for hydroxylation is 2. The second-order valence-electron chi connectivity index (χ2n) is 5.23. The minimum atomic E-state index is 0.0469. The summed E-state index contributed by atoms with van der Waals surface area (Å²) in [6.07, 6.45) is 2.10. The maximum Gasteiger partial charge on any atom is 0.234 e. The van der Waals surface area contributed by atoms with Crippen LogP contribution in [0.2, 0.25) is 0 Å². The summed E-state index contributed by atoms with van der Waals surface area (Å²) in [5.41, 5.74) is 1.12. The van der Waals surface area contributed by atoms with Gasteiger partial charge >= 0.3 is 0 Å². The first-order valence-corrected chi connectivity index (χ1v) is 7.03. The van der Waals surface area contributed by atoms with Crippen LogP contribution in [-0.4, -0.2) is 18.5 Å². The average Bonchev–Trinajstić information content (AvgIpc) is 2.65. The fourth-order valence-electron chi connectivity index (χ4n) is 2.27. The van der Waals surface area contributed by atoms with Gasteiger partial charge in [-0.3, -0.25) is 4.79 Å². The molecule has 4 heteroatoms. The smallest absolute Gasteiger partial charge is 0.234 e. The lowest BCUT2D eigenvalue weighted by atomic mass is 10.1. The number of rotatable bonds is 7. The zero-order valence-electron chi connectivity index (χ0n) is 12.7. The second kappa shape index (κ2) is 7.34. The van der Waals surface area contributed by atoms with E-state index in [9.17, 15) is 4.79 Å². The van der Waals surface area contributed by atoms with E-state index in [0.717, 1.165) is 29.9 Å². The average molecular weight is 266 g/mol. The molecule has 0 saturated carbocycles. The van der Waals surface area contributed by atoms with Crippen molar-refractivity contribution in [3.63, 3.8) is 0 Å².